The smallest absolute Gasteiger partial charge is 0.0796 e. The van der Waals surface area contributed by atoms with Gasteiger partial charge in [0.25, 0.3) is 0 Å². The number of hydrogen-bond acceptors (Lipinski definition) is 4. The second-order valence-corrected chi connectivity index (χ2v) is 5.42. The summed E-state index contributed by atoms with van der Waals surface area (Å²) in [7, 11) is 0. The second kappa shape index (κ2) is 4.07. The van der Waals surface area contributed by atoms with Crippen LogP contribution < -0.4 is 10.6 Å². The molecule has 0 radical (unpaired) electrons. The minimum atomic E-state index is 0.304. The number of nitrogens with zero attached hydrogens (tertiary/aromatic N) is 1. The van der Waals surface area contributed by atoms with E-state index in [-0.39, 0.29) is 0 Å². The third-order valence-corrected chi connectivity index (χ3v) is 4.17. The molecule has 2 N–H and O–H groups in total. The quantitative estimate of drug-likeness (QED) is 0.846. The number of halogens is 1. The highest BCUT2D eigenvalue weighted by Crippen LogP contribution is 2.37. The summed E-state index contributed by atoms with van der Waals surface area (Å²) in [6, 6.07) is 6.46. The second-order valence-electron chi connectivity index (χ2n) is 3.64. The first-order chi connectivity index (χ1) is 7.84. The monoisotopic (exact) mass is 295 g/mol. The summed E-state index contributed by atoms with van der Waals surface area (Å²) in [5.41, 5.74) is 4.15. The van der Waals surface area contributed by atoms with Crippen molar-refractivity contribution in [2.24, 2.45) is 0 Å². The molecule has 0 amide bonds. The number of rotatable bonds is 1. The lowest BCUT2D eigenvalue weighted by Gasteiger charge is -2.28. The lowest BCUT2D eigenvalue weighted by atomic mass is 10.1. The van der Waals surface area contributed by atoms with Crippen LogP contribution in [0.1, 0.15) is 10.9 Å². The van der Waals surface area contributed by atoms with Crippen LogP contribution in [0.4, 0.5) is 11.4 Å². The van der Waals surface area contributed by atoms with E-state index >= 15 is 0 Å². The number of hydrogen-bond donors (Lipinski definition) is 2. The maximum atomic E-state index is 4.11. The Morgan fingerprint density at radius 3 is 3.19 bits per heavy atom. The van der Waals surface area contributed by atoms with Crippen molar-refractivity contribution in [3.05, 3.63) is 39.3 Å². The molecule has 0 spiro atoms. The molecule has 2 heterocycles. The molecular weight excluding hydrogens is 286 g/mol. The van der Waals surface area contributed by atoms with Gasteiger partial charge in [-0.25, -0.2) is 0 Å². The standard InChI is InChI=1S/C11H10BrN3S/c12-7-2-1-3-8-11(7)15-9(4-14-8)10-5-13-6-16-10/h1-3,5-6,9,14-15H,4H2/t9-/m1/s1. The molecule has 0 aliphatic carbocycles. The zero-order chi connectivity index (χ0) is 11.0. The van der Waals surface area contributed by atoms with Crippen molar-refractivity contribution in [1.29, 1.82) is 0 Å². The zero-order valence-corrected chi connectivity index (χ0v) is 10.8. The van der Waals surface area contributed by atoms with Gasteiger partial charge >= 0.3 is 0 Å². The fraction of sp³-hybridized carbons (Fsp3) is 0.182. The Balaban J connectivity index is 1.94. The van der Waals surface area contributed by atoms with Gasteiger partial charge in [0.05, 0.1) is 22.9 Å². The van der Waals surface area contributed by atoms with Gasteiger partial charge in [-0.2, -0.15) is 0 Å². The average molecular weight is 296 g/mol. The lowest BCUT2D eigenvalue weighted by Crippen LogP contribution is -2.25. The van der Waals surface area contributed by atoms with E-state index in [0.717, 1.165) is 22.4 Å². The predicted molar refractivity (Wildman–Crippen MR) is 71.1 cm³/mol. The third-order valence-electron chi connectivity index (χ3n) is 2.62. The van der Waals surface area contributed by atoms with Crippen LogP contribution in [0.25, 0.3) is 0 Å². The molecule has 0 unspecified atom stereocenters. The Hall–Kier alpha value is -1.07. The van der Waals surface area contributed by atoms with Crippen molar-refractivity contribution in [2.45, 2.75) is 6.04 Å². The van der Waals surface area contributed by atoms with Crippen molar-refractivity contribution in [3.8, 4) is 0 Å². The van der Waals surface area contributed by atoms with Gasteiger partial charge in [-0.05, 0) is 28.1 Å². The summed E-state index contributed by atoms with van der Waals surface area (Å²) in [6.07, 6.45) is 1.92. The molecule has 1 aromatic heterocycles. The van der Waals surface area contributed by atoms with Gasteiger partial charge < -0.3 is 10.6 Å². The number of para-hydroxylation sites is 1. The van der Waals surface area contributed by atoms with Gasteiger partial charge in [0, 0.05) is 22.1 Å². The normalized spacial score (nSPS) is 18.4. The fourth-order valence-corrected chi connectivity index (χ4v) is 2.98. The largest absolute Gasteiger partial charge is 0.381 e. The Morgan fingerprint density at radius 1 is 1.44 bits per heavy atom. The topological polar surface area (TPSA) is 37.0 Å². The van der Waals surface area contributed by atoms with Crippen LogP contribution >= 0.6 is 27.3 Å². The van der Waals surface area contributed by atoms with Crippen LogP contribution in [0.15, 0.2) is 34.4 Å². The molecule has 1 atom stereocenters. The molecule has 16 heavy (non-hydrogen) atoms. The van der Waals surface area contributed by atoms with E-state index in [1.54, 1.807) is 11.3 Å². The predicted octanol–water partition coefficient (Wildman–Crippen LogP) is 3.48. The van der Waals surface area contributed by atoms with Crippen LogP contribution in [0.3, 0.4) is 0 Å². The maximum absolute atomic E-state index is 4.11. The fourth-order valence-electron chi connectivity index (χ4n) is 1.82. The molecule has 82 valence electrons. The highest BCUT2D eigenvalue weighted by molar-refractivity contribution is 9.10. The molecule has 2 aromatic rings. The van der Waals surface area contributed by atoms with Crippen molar-refractivity contribution in [1.82, 2.24) is 4.98 Å². The minimum absolute atomic E-state index is 0.304. The molecule has 1 aromatic carbocycles. The molecule has 3 nitrogen and oxygen atoms in total. The van der Waals surface area contributed by atoms with Gasteiger partial charge in [0.15, 0.2) is 0 Å². The van der Waals surface area contributed by atoms with E-state index in [9.17, 15) is 0 Å². The summed E-state index contributed by atoms with van der Waals surface area (Å²) in [6.45, 7) is 0.894. The van der Waals surface area contributed by atoms with E-state index in [0.29, 0.717) is 6.04 Å². The molecule has 1 aliphatic heterocycles. The highest BCUT2D eigenvalue weighted by Gasteiger charge is 2.20. The van der Waals surface area contributed by atoms with Gasteiger partial charge in [-0.3, -0.25) is 4.98 Å². The molecule has 1 aliphatic rings. The number of benzene rings is 1. The summed E-state index contributed by atoms with van der Waals surface area (Å²) < 4.78 is 1.09. The molecule has 0 saturated heterocycles. The molecule has 5 heteroatoms. The van der Waals surface area contributed by atoms with Crippen molar-refractivity contribution in [2.75, 3.05) is 17.2 Å². The van der Waals surface area contributed by atoms with Crippen LogP contribution in [-0.2, 0) is 0 Å². The van der Waals surface area contributed by atoms with Gasteiger partial charge in [-0.15, -0.1) is 11.3 Å². The first kappa shape index (κ1) is 10.1. The zero-order valence-electron chi connectivity index (χ0n) is 8.40. The van der Waals surface area contributed by atoms with Crippen molar-refractivity contribution >= 4 is 38.6 Å². The molecular formula is C11H10BrN3S. The number of nitrogens with one attached hydrogen (secondary N) is 2. The first-order valence-corrected chi connectivity index (χ1v) is 6.69. The Morgan fingerprint density at radius 2 is 2.38 bits per heavy atom. The maximum Gasteiger partial charge on any atom is 0.0796 e. The molecule has 3 rings (SSSR count). The Bertz CT molecular complexity index is 498. The molecule has 0 fully saturated rings. The van der Waals surface area contributed by atoms with Crippen LogP contribution in [0.2, 0.25) is 0 Å². The van der Waals surface area contributed by atoms with Crippen LogP contribution in [-0.4, -0.2) is 11.5 Å². The van der Waals surface area contributed by atoms with Gasteiger partial charge in [-0.1, -0.05) is 6.07 Å². The van der Waals surface area contributed by atoms with E-state index in [1.165, 1.54) is 4.88 Å². The van der Waals surface area contributed by atoms with E-state index < -0.39 is 0 Å². The Labute approximate surface area is 106 Å². The lowest BCUT2D eigenvalue weighted by molar-refractivity contribution is 0.816. The van der Waals surface area contributed by atoms with Crippen molar-refractivity contribution in [3.63, 3.8) is 0 Å². The number of thiazole rings is 1. The third kappa shape index (κ3) is 1.70. The van der Waals surface area contributed by atoms with Gasteiger partial charge in [0.1, 0.15) is 0 Å². The molecule has 0 saturated carbocycles. The summed E-state index contributed by atoms with van der Waals surface area (Å²) in [5, 5.41) is 6.96. The van der Waals surface area contributed by atoms with Crippen molar-refractivity contribution < 1.29 is 0 Å². The summed E-state index contributed by atoms with van der Waals surface area (Å²) in [4.78, 5) is 5.37. The molecule has 0 bridgehead atoms. The van der Waals surface area contributed by atoms with Gasteiger partial charge in [0.2, 0.25) is 0 Å². The first-order valence-electron chi connectivity index (χ1n) is 5.02. The summed E-state index contributed by atoms with van der Waals surface area (Å²) >= 11 is 5.24. The number of anilines is 2. The van der Waals surface area contributed by atoms with Crippen LogP contribution in [0.5, 0.6) is 0 Å². The summed E-state index contributed by atoms with van der Waals surface area (Å²) in [5.74, 6) is 0. The average Bonchev–Trinajstić information content (AvgIpc) is 2.83. The van der Waals surface area contributed by atoms with E-state index in [4.69, 9.17) is 0 Å². The van der Waals surface area contributed by atoms with E-state index in [1.807, 2.05) is 23.8 Å². The number of fused-ring (bicyclic) bond motifs is 1. The Kier molecular flexibility index (Phi) is 2.57. The van der Waals surface area contributed by atoms with Crippen LogP contribution in [0, 0.1) is 0 Å². The SMILES string of the molecule is Brc1cccc2c1N[C@@H](c1cncs1)CN2. The van der Waals surface area contributed by atoms with E-state index in [2.05, 4.69) is 37.6 Å². The highest BCUT2D eigenvalue weighted by atomic mass is 79.9. The minimum Gasteiger partial charge on any atom is -0.381 e. The number of aromatic nitrogens is 1.